The Bertz CT molecular complexity index is 467. The topological polar surface area (TPSA) is 60.4 Å². The zero-order chi connectivity index (χ0) is 15.7. The molecule has 0 N–H and O–H groups in total. The van der Waals surface area contributed by atoms with Crippen LogP contribution in [0.25, 0.3) is 0 Å². The Morgan fingerprint density at radius 1 is 1.24 bits per heavy atom. The lowest BCUT2D eigenvalue weighted by molar-refractivity contribution is -0.154. The van der Waals surface area contributed by atoms with E-state index in [0.29, 0.717) is 6.42 Å². The van der Waals surface area contributed by atoms with Crippen molar-refractivity contribution in [1.29, 1.82) is 0 Å². The van der Waals surface area contributed by atoms with Gasteiger partial charge in [-0.3, -0.25) is 4.79 Å². The van der Waals surface area contributed by atoms with E-state index in [1.54, 1.807) is 0 Å². The fourth-order valence-corrected chi connectivity index (χ4v) is 2.25. The Morgan fingerprint density at radius 2 is 1.90 bits per heavy atom. The molecule has 0 aliphatic heterocycles. The second kappa shape index (κ2) is 9.06. The Kier molecular flexibility index (Phi) is 7.37. The average Bonchev–Trinajstić information content (AvgIpc) is 2.49. The van der Waals surface area contributed by atoms with E-state index in [2.05, 4.69) is 0 Å². The van der Waals surface area contributed by atoms with Crippen molar-refractivity contribution in [2.75, 3.05) is 0 Å². The van der Waals surface area contributed by atoms with E-state index in [0.717, 1.165) is 18.3 Å². The molecule has 0 aliphatic carbocycles. The van der Waals surface area contributed by atoms with Gasteiger partial charge in [-0.25, -0.2) is 0 Å². The number of carbonyl (C=O) groups excluding carboxylic acids is 3. The smallest absolute Gasteiger partial charge is 0.310 e. The number of hydrogen-bond acceptors (Lipinski definition) is 4. The maximum absolute atomic E-state index is 12.2. The van der Waals surface area contributed by atoms with E-state index >= 15 is 0 Å². The van der Waals surface area contributed by atoms with Crippen molar-refractivity contribution in [3.63, 3.8) is 0 Å². The number of rotatable bonds is 9. The summed E-state index contributed by atoms with van der Waals surface area (Å²) in [4.78, 5) is 34.7. The number of ether oxygens (including phenoxy) is 1. The molecule has 0 fully saturated rings. The molecule has 0 amide bonds. The first-order chi connectivity index (χ1) is 10.1. The van der Waals surface area contributed by atoms with Gasteiger partial charge >= 0.3 is 5.97 Å². The SMILES string of the molecule is CCC[C@@H](C=O)[C@H](CC(C)=O)C(=O)OCc1ccccc1. The predicted octanol–water partition coefficient (Wildman–Crippen LogP) is 2.94. The number of benzene rings is 1. The molecule has 0 radical (unpaired) electrons. The average molecular weight is 290 g/mol. The second-order valence-corrected chi connectivity index (χ2v) is 5.19. The standard InChI is InChI=1S/C17H22O4/c1-3-7-15(11-18)16(10-13(2)19)17(20)21-12-14-8-5-4-6-9-14/h4-6,8-9,11,15-16H,3,7,10,12H2,1-2H3/t15-,16-/m0/s1. The van der Waals surface area contributed by atoms with Gasteiger partial charge in [0.2, 0.25) is 0 Å². The predicted molar refractivity (Wildman–Crippen MR) is 79.5 cm³/mol. The van der Waals surface area contributed by atoms with Gasteiger partial charge in [-0.1, -0.05) is 43.7 Å². The minimum atomic E-state index is -0.677. The van der Waals surface area contributed by atoms with E-state index in [1.165, 1.54) is 6.92 Å². The van der Waals surface area contributed by atoms with Gasteiger partial charge in [0.25, 0.3) is 0 Å². The normalized spacial score (nSPS) is 13.2. The highest BCUT2D eigenvalue weighted by Gasteiger charge is 2.30. The van der Waals surface area contributed by atoms with Crippen molar-refractivity contribution in [3.05, 3.63) is 35.9 Å². The van der Waals surface area contributed by atoms with Crippen LogP contribution in [0, 0.1) is 11.8 Å². The molecule has 1 aromatic rings. The van der Waals surface area contributed by atoms with Crippen molar-refractivity contribution < 1.29 is 19.1 Å². The van der Waals surface area contributed by atoms with Crippen molar-refractivity contribution in [3.8, 4) is 0 Å². The first kappa shape index (κ1) is 17.1. The lowest BCUT2D eigenvalue weighted by Crippen LogP contribution is -2.28. The highest BCUT2D eigenvalue weighted by atomic mass is 16.5. The molecule has 0 aromatic heterocycles. The van der Waals surface area contributed by atoms with Crippen molar-refractivity contribution >= 4 is 18.0 Å². The van der Waals surface area contributed by atoms with Crippen LogP contribution in [0.2, 0.25) is 0 Å². The maximum atomic E-state index is 12.2. The quantitative estimate of drug-likeness (QED) is 0.518. The number of carbonyl (C=O) groups is 3. The molecule has 4 heteroatoms. The second-order valence-electron chi connectivity index (χ2n) is 5.19. The number of aldehydes is 1. The molecule has 1 rings (SSSR count). The van der Waals surface area contributed by atoms with Gasteiger partial charge in [-0.05, 0) is 18.9 Å². The van der Waals surface area contributed by atoms with Crippen LogP contribution in [0.1, 0.15) is 38.7 Å². The molecule has 114 valence electrons. The number of esters is 1. The molecule has 1 aromatic carbocycles. The monoisotopic (exact) mass is 290 g/mol. The van der Waals surface area contributed by atoms with Gasteiger partial charge in [0.05, 0.1) is 5.92 Å². The minimum absolute atomic E-state index is 0.0526. The molecule has 21 heavy (non-hydrogen) atoms. The number of hydrogen-bond donors (Lipinski definition) is 0. The third-order valence-corrected chi connectivity index (χ3v) is 3.35. The highest BCUT2D eigenvalue weighted by Crippen LogP contribution is 2.22. The van der Waals surface area contributed by atoms with Crippen LogP contribution in [0.15, 0.2) is 30.3 Å². The largest absolute Gasteiger partial charge is 0.461 e. The number of Topliss-reactive ketones (excluding diaryl/α,β-unsaturated/α-hetero) is 1. The maximum Gasteiger partial charge on any atom is 0.310 e. The van der Waals surface area contributed by atoms with Crippen molar-refractivity contribution in [2.45, 2.75) is 39.7 Å². The molecule has 0 saturated heterocycles. The summed E-state index contributed by atoms with van der Waals surface area (Å²) in [7, 11) is 0. The highest BCUT2D eigenvalue weighted by molar-refractivity contribution is 5.85. The van der Waals surface area contributed by atoms with Crippen LogP contribution in [0.4, 0.5) is 0 Å². The summed E-state index contributed by atoms with van der Waals surface area (Å²) in [6, 6.07) is 9.32. The molecule has 0 bridgehead atoms. The summed E-state index contributed by atoms with van der Waals surface area (Å²) in [5, 5.41) is 0. The summed E-state index contributed by atoms with van der Waals surface area (Å²) in [6.07, 6.45) is 2.18. The summed E-state index contributed by atoms with van der Waals surface area (Å²) in [5.74, 6) is -1.72. The molecule has 4 nitrogen and oxygen atoms in total. The molecular weight excluding hydrogens is 268 g/mol. The van der Waals surface area contributed by atoms with E-state index in [1.807, 2.05) is 37.3 Å². The zero-order valence-electron chi connectivity index (χ0n) is 12.6. The lowest BCUT2D eigenvalue weighted by Gasteiger charge is -2.20. The minimum Gasteiger partial charge on any atom is -0.461 e. The van der Waals surface area contributed by atoms with E-state index < -0.39 is 17.8 Å². The van der Waals surface area contributed by atoms with Gasteiger partial charge in [-0.2, -0.15) is 0 Å². The van der Waals surface area contributed by atoms with Crippen molar-refractivity contribution in [1.82, 2.24) is 0 Å². The summed E-state index contributed by atoms with van der Waals surface area (Å²) >= 11 is 0. The zero-order valence-corrected chi connectivity index (χ0v) is 12.6. The third-order valence-electron chi connectivity index (χ3n) is 3.35. The first-order valence-electron chi connectivity index (χ1n) is 7.23. The van der Waals surface area contributed by atoms with Crippen LogP contribution in [-0.4, -0.2) is 18.0 Å². The van der Waals surface area contributed by atoms with Crippen LogP contribution in [0.3, 0.4) is 0 Å². The fraction of sp³-hybridized carbons (Fsp3) is 0.471. The van der Waals surface area contributed by atoms with Gasteiger partial charge < -0.3 is 14.3 Å². The Morgan fingerprint density at radius 3 is 2.43 bits per heavy atom. The third kappa shape index (κ3) is 5.90. The van der Waals surface area contributed by atoms with E-state index in [-0.39, 0.29) is 18.8 Å². The lowest BCUT2D eigenvalue weighted by atomic mass is 9.86. The Hall–Kier alpha value is -1.97. The molecule has 0 unspecified atom stereocenters. The van der Waals surface area contributed by atoms with Gasteiger partial charge in [-0.15, -0.1) is 0 Å². The van der Waals surface area contributed by atoms with Crippen molar-refractivity contribution in [2.24, 2.45) is 11.8 Å². The fourth-order valence-electron chi connectivity index (χ4n) is 2.25. The summed E-state index contributed by atoms with van der Waals surface area (Å²) in [5.41, 5.74) is 0.880. The van der Waals surface area contributed by atoms with Crippen LogP contribution < -0.4 is 0 Å². The first-order valence-corrected chi connectivity index (χ1v) is 7.23. The van der Waals surface area contributed by atoms with Gasteiger partial charge in [0.1, 0.15) is 18.7 Å². The molecular formula is C17H22O4. The summed E-state index contributed by atoms with van der Waals surface area (Å²) in [6.45, 7) is 3.52. The van der Waals surface area contributed by atoms with Crippen LogP contribution >= 0.6 is 0 Å². The van der Waals surface area contributed by atoms with Crippen LogP contribution in [-0.2, 0) is 25.7 Å². The Labute approximate surface area is 125 Å². The molecule has 0 aliphatic rings. The molecule has 0 heterocycles. The van der Waals surface area contributed by atoms with E-state index in [4.69, 9.17) is 4.74 Å². The molecule has 2 atom stereocenters. The summed E-state index contributed by atoms with van der Waals surface area (Å²) < 4.78 is 5.27. The van der Waals surface area contributed by atoms with Crippen LogP contribution in [0.5, 0.6) is 0 Å². The number of ketones is 1. The van der Waals surface area contributed by atoms with E-state index in [9.17, 15) is 14.4 Å². The molecule has 0 saturated carbocycles. The Balaban J connectivity index is 2.70. The van der Waals surface area contributed by atoms with Gasteiger partial charge in [0.15, 0.2) is 0 Å². The van der Waals surface area contributed by atoms with Gasteiger partial charge in [0, 0.05) is 12.3 Å². The molecule has 0 spiro atoms.